The summed E-state index contributed by atoms with van der Waals surface area (Å²) >= 11 is 6.12. The fraction of sp³-hybridized carbons (Fsp3) is 0.348. The first-order valence-corrected chi connectivity index (χ1v) is 9.99. The fourth-order valence-electron chi connectivity index (χ4n) is 3.84. The molecule has 0 bridgehead atoms. The molecule has 6 heteroatoms. The number of halogens is 1. The topological polar surface area (TPSA) is 56.8 Å². The van der Waals surface area contributed by atoms with Crippen LogP contribution < -0.4 is 19.5 Å². The van der Waals surface area contributed by atoms with Gasteiger partial charge < -0.3 is 19.5 Å². The van der Waals surface area contributed by atoms with E-state index in [9.17, 15) is 4.79 Å². The van der Waals surface area contributed by atoms with Gasteiger partial charge in [0.05, 0.1) is 13.2 Å². The van der Waals surface area contributed by atoms with Crippen molar-refractivity contribution in [2.45, 2.75) is 38.8 Å². The highest BCUT2D eigenvalue weighted by molar-refractivity contribution is 6.31. The number of hydrogen-bond donors (Lipinski definition) is 1. The molecule has 0 spiro atoms. The van der Waals surface area contributed by atoms with Crippen LogP contribution in [0.2, 0.25) is 5.02 Å². The Hall–Kier alpha value is -2.66. The van der Waals surface area contributed by atoms with Crippen molar-refractivity contribution < 1.29 is 19.0 Å². The van der Waals surface area contributed by atoms with Crippen LogP contribution in [-0.4, -0.2) is 25.2 Å². The van der Waals surface area contributed by atoms with Crippen LogP contribution in [0, 0.1) is 0 Å². The predicted octanol–water partition coefficient (Wildman–Crippen LogP) is 4.72. The van der Waals surface area contributed by atoms with Gasteiger partial charge in [0, 0.05) is 28.1 Å². The average Bonchev–Trinajstić information content (AvgIpc) is 3.00. The highest BCUT2D eigenvalue weighted by atomic mass is 35.5. The number of carbonyl (C=O) groups excluding carboxylic acids is 1. The highest BCUT2D eigenvalue weighted by Crippen LogP contribution is 2.43. The maximum Gasteiger partial charge on any atom is 0.252 e. The number of benzene rings is 2. The van der Waals surface area contributed by atoms with Crippen molar-refractivity contribution in [3.05, 3.63) is 58.1 Å². The Balaban J connectivity index is 1.58. The number of amides is 1. The molecule has 1 atom stereocenters. The Labute approximate surface area is 175 Å². The van der Waals surface area contributed by atoms with Gasteiger partial charge in [-0.25, -0.2) is 0 Å². The van der Waals surface area contributed by atoms with Gasteiger partial charge in [0.2, 0.25) is 0 Å². The Morgan fingerprint density at radius 1 is 1.28 bits per heavy atom. The van der Waals surface area contributed by atoms with E-state index in [1.807, 2.05) is 13.0 Å². The summed E-state index contributed by atoms with van der Waals surface area (Å²) in [6, 6.07) is 9.09. The number of fused-ring (bicyclic) bond motifs is 2. The number of ether oxygens (including phenoxy) is 3. The number of nitrogens with one attached hydrogen (secondary N) is 1. The largest absolute Gasteiger partial charge is 0.493 e. The molecule has 2 aliphatic heterocycles. The third-order valence-corrected chi connectivity index (χ3v) is 5.45. The van der Waals surface area contributed by atoms with Crippen molar-refractivity contribution in [1.82, 2.24) is 5.32 Å². The van der Waals surface area contributed by atoms with E-state index in [-0.39, 0.29) is 17.6 Å². The third-order valence-electron chi connectivity index (χ3n) is 5.22. The van der Waals surface area contributed by atoms with Crippen LogP contribution in [0.4, 0.5) is 0 Å². The zero-order valence-electron chi connectivity index (χ0n) is 17.0. The Kier molecular flexibility index (Phi) is 4.95. The summed E-state index contributed by atoms with van der Waals surface area (Å²) in [6.45, 7) is 6.42. The SMILES string of the molecule is COc1cc(C(C)NC(=O)C2=CCOc3ccc(Cl)cc32)cc2c1OC(C)(C)C2. The van der Waals surface area contributed by atoms with Crippen LogP contribution in [0.1, 0.15) is 43.5 Å². The van der Waals surface area contributed by atoms with Crippen molar-refractivity contribution in [2.75, 3.05) is 13.7 Å². The van der Waals surface area contributed by atoms with Crippen molar-refractivity contribution in [2.24, 2.45) is 0 Å². The molecule has 0 fully saturated rings. The zero-order chi connectivity index (χ0) is 20.8. The Morgan fingerprint density at radius 3 is 2.83 bits per heavy atom. The molecule has 1 unspecified atom stereocenters. The molecule has 2 aliphatic rings. The first-order valence-electron chi connectivity index (χ1n) is 9.61. The van der Waals surface area contributed by atoms with E-state index in [1.165, 1.54) is 0 Å². The van der Waals surface area contributed by atoms with Gasteiger partial charge in [-0.15, -0.1) is 0 Å². The lowest BCUT2D eigenvalue weighted by Crippen LogP contribution is -2.28. The molecule has 0 saturated heterocycles. The number of hydrogen-bond acceptors (Lipinski definition) is 4. The fourth-order valence-corrected chi connectivity index (χ4v) is 4.01. The van der Waals surface area contributed by atoms with Crippen molar-refractivity contribution in [1.29, 1.82) is 0 Å². The molecule has 0 saturated carbocycles. The van der Waals surface area contributed by atoms with Gasteiger partial charge >= 0.3 is 0 Å². The lowest BCUT2D eigenvalue weighted by atomic mass is 9.97. The van der Waals surface area contributed by atoms with Crippen LogP contribution >= 0.6 is 11.6 Å². The molecule has 0 radical (unpaired) electrons. The zero-order valence-corrected chi connectivity index (χ0v) is 17.7. The maximum atomic E-state index is 13.0. The quantitative estimate of drug-likeness (QED) is 0.788. The van der Waals surface area contributed by atoms with Crippen molar-refractivity contribution in [3.63, 3.8) is 0 Å². The molecule has 1 N–H and O–H groups in total. The first kappa shape index (κ1) is 19.6. The molecule has 29 heavy (non-hydrogen) atoms. The van der Waals surface area contributed by atoms with E-state index in [0.717, 1.165) is 23.3 Å². The van der Waals surface area contributed by atoms with Gasteiger partial charge in [0.15, 0.2) is 11.5 Å². The highest BCUT2D eigenvalue weighted by Gasteiger charge is 2.33. The monoisotopic (exact) mass is 413 g/mol. The van der Waals surface area contributed by atoms with Crippen molar-refractivity contribution >= 4 is 23.1 Å². The minimum atomic E-state index is -0.267. The molecule has 5 nitrogen and oxygen atoms in total. The van der Waals surface area contributed by atoms with Crippen LogP contribution in [-0.2, 0) is 11.2 Å². The standard InChI is InChI=1S/C23H24ClNO4/c1-13(14-9-15-12-23(2,3)29-21(15)20(10-14)27-4)25-22(26)17-7-8-28-19-6-5-16(24)11-18(17)19/h5-7,9-11,13H,8,12H2,1-4H3,(H,25,26). The van der Waals surface area contributed by atoms with Gasteiger partial charge in [-0.05, 0) is 62.7 Å². The van der Waals surface area contributed by atoms with E-state index in [2.05, 4.69) is 25.2 Å². The molecule has 4 rings (SSSR count). The predicted molar refractivity (Wildman–Crippen MR) is 113 cm³/mol. The number of carbonyl (C=O) groups is 1. The lowest BCUT2D eigenvalue weighted by molar-refractivity contribution is -0.116. The van der Waals surface area contributed by atoms with E-state index < -0.39 is 0 Å². The minimum absolute atomic E-state index is 0.166. The summed E-state index contributed by atoms with van der Waals surface area (Å²) in [6.07, 6.45) is 2.57. The molecule has 152 valence electrons. The van der Waals surface area contributed by atoms with Crippen LogP contribution in [0.15, 0.2) is 36.4 Å². The second-order valence-electron chi connectivity index (χ2n) is 8.01. The van der Waals surface area contributed by atoms with Gasteiger partial charge in [-0.3, -0.25) is 4.79 Å². The number of rotatable bonds is 4. The maximum absolute atomic E-state index is 13.0. The first-order chi connectivity index (χ1) is 13.8. The van der Waals surface area contributed by atoms with Crippen LogP contribution in [0.25, 0.3) is 5.57 Å². The molecule has 0 aromatic heterocycles. The van der Waals surface area contributed by atoms with E-state index in [4.69, 9.17) is 25.8 Å². The Morgan fingerprint density at radius 2 is 2.07 bits per heavy atom. The molecule has 2 heterocycles. The summed E-state index contributed by atoms with van der Waals surface area (Å²) in [7, 11) is 1.63. The summed E-state index contributed by atoms with van der Waals surface area (Å²) in [4.78, 5) is 13.0. The van der Waals surface area contributed by atoms with Gasteiger partial charge in [0.1, 0.15) is 18.0 Å². The van der Waals surface area contributed by atoms with Gasteiger partial charge in [-0.1, -0.05) is 11.6 Å². The normalized spacial score (nSPS) is 17.2. The Bertz CT molecular complexity index is 1010. The summed E-state index contributed by atoms with van der Waals surface area (Å²) in [5.41, 5.74) is 3.06. The van der Waals surface area contributed by atoms with Gasteiger partial charge in [0.25, 0.3) is 5.91 Å². The molecule has 0 aliphatic carbocycles. The summed E-state index contributed by atoms with van der Waals surface area (Å²) in [5, 5.41) is 3.65. The molecule has 2 aromatic carbocycles. The second-order valence-corrected chi connectivity index (χ2v) is 8.45. The molecule has 1 amide bonds. The lowest BCUT2D eigenvalue weighted by Gasteiger charge is -2.21. The minimum Gasteiger partial charge on any atom is -0.493 e. The average molecular weight is 414 g/mol. The summed E-state index contributed by atoms with van der Waals surface area (Å²) in [5.74, 6) is 1.97. The molecular formula is C23H24ClNO4. The van der Waals surface area contributed by atoms with Crippen LogP contribution in [0.5, 0.6) is 17.2 Å². The van der Waals surface area contributed by atoms with E-state index >= 15 is 0 Å². The van der Waals surface area contributed by atoms with Crippen molar-refractivity contribution in [3.8, 4) is 17.2 Å². The third kappa shape index (κ3) is 3.79. The van der Waals surface area contributed by atoms with E-state index in [1.54, 1.807) is 31.4 Å². The van der Waals surface area contributed by atoms with Crippen LogP contribution in [0.3, 0.4) is 0 Å². The smallest absolute Gasteiger partial charge is 0.252 e. The summed E-state index contributed by atoms with van der Waals surface area (Å²) < 4.78 is 17.2. The molecular weight excluding hydrogens is 390 g/mol. The van der Waals surface area contributed by atoms with Gasteiger partial charge in [-0.2, -0.15) is 0 Å². The van der Waals surface area contributed by atoms with E-state index in [0.29, 0.717) is 34.3 Å². The number of methoxy groups -OCH3 is 1. The second kappa shape index (κ2) is 7.30. The molecule has 2 aromatic rings.